The molecule has 4 unspecified atom stereocenters. The fourth-order valence-corrected chi connectivity index (χ4v) is 4.25. The number of carbonyl (C=O) groups is 4. The third-order valence-electron chi connectivity index (χ3n) is 5.82. The van der Waals surface area contributed by atoms with Gasteiger partial charge in [-0.25, -0.2) is 0 Å². The predicted molar refractivity (Wildman–Crippen MR) is 155 cm³/mol. The summed E-state index contributed by atoms with van der Waals surface area (Å²) in [6, 6.07) is 5.66. The van der Waals surface area contributed by atoms with Crippen molar-refractivity contribution in [3.8, 4) is 0 Å². The lowest BCUT2D eigenvalue weighted by Crippen LogP contribution is -2.57. The Morgan fingerprint density at radius 3 is 1.97 bits per heavy atom. The van der Waals surface area contributed by atoms with E-state index < -0.39 is 47.8 Å². The molecule has 1 aromatic rings. The monoisotopic (exact) mass is 564 g/mol. The number of hydrogen-bond donors (Lipinski definition) is 7. The van der Waals surface area contributed by atoms with Gasteiger partial charge in [0, 0.05) is 6.54 Å². The molecule has 39 heavy (non-hydrogen) atoms. The average Bonchev–Trinajstić information content (AvgIpc) is 2.87. The van der Waals surface area contributed by atoms with E-state index in [9.17, 15) is 19.2 Å². The van der Waals surface area contributed by atoms with Gasteiger partial charge in [0.2, 0.25) is 23.6 Å². The van der Waals surface area contributed by atoms with Crippen LogP contribution in [0.2, 0.25) is 0 Å². The Morgan fingerprint density at radius 1 is 0.872 bits per heavy atom. The second-order valence-corrected chi connectivity index (χ2v) is 10.7. The molecule has 218 valence electrons. The first-order chi connectivity index (χ1) is 18.4. The van der Waals surface area contributed by atoms with E-state index in [0.717, 1.165) is 5.56 Å². The maximum Gasteiger partial charge on any atom is 0.243 e. The fourth-order valence-electron chi connectivity index (χ4n) is 3.78. The van der Waals surface area contributed by atoms with E-state index in [0.29, 0.717) is 31.4 Å². The first-order valence-corrected chi connectivity index (χ1v) is 14.4. The summed E-state index contributed by atoms with van der Waals surface area (Å²) in [4.78, 5) is 55.1. The van der Waals surface area contributed by atoms with Crippen molar-refractivity contribution in [1.82, 2.24) is 16.0 Å². The number of benzene rings is 1. The number of hydrogen-bond acceptors (Lipinski definition) is 7. The number of nitrogens with one attached hydrogen (secondary N) is 3. The van der Waals surface area contributed by atoms with Gasteiger partial charge >= 0.3 is 0 Å². The van der Waals surface area contributed by atoms with E-state index in [1.807, 2.05) is 50.4 Å². The second-order valence-electron chi connectivity index (χ2n) is 9.74. The molecule has 11 N–H and O–H groups in total. The molecule has 4 amide bonds. The van der Waals surface area contributed by atoms with Crippen molar-refractivity contribution < 1.29 is 19.2 Å². The van der Waals surface area contributed by atoms with Crippen LogP contribution in [0.25, 0.3) is 0 Å². The molecule has 13 heteroatoms. The largest absolute Gasteiger partial charge is 0.370 e. The van der Waals surface area contributed by atoms with Crippen molar-refractivity contribution >= 4 is 41.4 Å². The van der Waals surface area contributed by atoms with Crippen LogP contribution in [0, 0.1) is 5.92 Å². The van der Waals surface area contributed by atoms with E-state index in [1.54, 1.807) is 0 Å². The number of thioether (sulfide) groups is 1. The van der Waals surface area contributed by atoms with Crippen molar-refractivity contribution in [3.63, 3.8) is 0 Å². The van der Waals surface area contributed by atoms with Crippen LogP contribution in [0.5, 0.6) is 0 Å². The molecule has 0 radical (unpaired) electrons. The molecule has 1 aromatic carbocycles. The minimum Gasteiger partial charge on any atom is -0.370 e. The molecule has 1 rings (SSSR count). The van der Waals surface area contributed by atoms with Crippen LogP contribution < -0.4 is 38.9 Å². The van der Waals surface area contributed by atoms with E-state index >= 15 is 0 Å². The molecule has 0 spiro atoms. The minimum absolute atomic E-state index is 0.0857. The van der Waals surface area contributed by atoms with Gasteiger partial charge in [0.1, 0.15) is 18.1 Å². The van der Waals surface area contributed by atoms with Gasteiger partial charge in [-0.15, -0.1) is 0 Å². The summed E-state index contributed by atoms with van der Waals surface area (Å²) in [7, 11) is 0. The number of amides is 4. The molecule has 0 aliphatic rings. The van der Waals surface area contributed by atoms with Gasteiger partial charge in [-0.05, 0) is 55.6 Å². The highest BCUT2D eigenvalue weighted by Gasteiger charge is 2.30. The third-order valence-corrected chi connectivity index (χ3v) is 6.47. The van der Waals surface area contributed by atoms with Gasteiger partial charge in [-0.2, -0.15) is 11.8 Å². The second kappa shape index (κ2) is 18.1. The van der Waals surface area contributed by atoms with Crippen LogP contribution >= 0.6 is 11.8 Å². The van der Waals surface area contributed by atoms with Crippen LogP contribution in [-0.2, 0) is 25.6 Å². The topological polar surface area (TPSA) is 221 Å². The van der Waals surface area contributed by atoms with Gasteiger partial charge in [-0.1, -0.05) is 44.2 Å². The van der Waals surface area contributed by atoms with Crippen LogP contribution in [0.4, 0.5) is 0 Å². The van der Waals surface area contributed by atoms with Crippen molar-refractivity contribution in [3.05, 3.63) is 35.9 Å². The van der Waals surface area contributed by atoms with Gasteiger partial charge in [-0.3, -0.25) is 24.2 Å². The number of aliphatic imine (C=N–C) groups is 1. The van der Waals surface area contributed by atoms with Gasteiger partial charge in [0.15, 0.2) is 5.96 Å². The van der Waals surface area contributed by atoms with Gasteiger partial charge < -0.3 is 38.9 Å². The molecular formula is C26H44N8O4S. The molecular weight excluding hydrogens is 520 g/mol. The Kier molecular flexibility index (Phi) is 15.6. The van der Waals surface area contributed by atoms with E-state index in [1.165, 1.54) is 11.8 Å². The lowest BCUT2D eigenvalue weighted by Gasteiger charge is -2.26. The SMILES string of the molecule is CSCCC(NC(=O)C(N)Cc1ccccc1)C(=O)NC(CCCN=C(N)N)C(=O)NC(CC(C)C)C(N)=O. The third kappa shape index (κ3) is 13.9. The summed E-state index contributed by atoms with van der Waals surface area (Å²) in [5, 5.41) is 8.11. The molecule has 0 aliphatic heterocycles. The smallest absolute Gasteiger partial charge is 0.243 e. The zero-order valence-electron chi connectivity index (χ0n) is 23.0. The lowest BCUT2D eigenvalue weighted by molar-refractivity contribution is -0.133. The number of nitrogens with zero attached hydrogens (tertiary/aromatic N) is 1. The van der Waals surface area contributed by atoms with Crippen LogP contribution in [0.15, 0.2) is 35.3 Å². The Bertz CT molecular complexity index is 957. The maximum atomic E-state index is 13.3. The Hall–Kier alpha value is -3.32. The number of carbonyl (C=O) groups excluding carboxylic acids is 4. The number of nitrogens with two attached hydrogens (primary N) is 4. The van der Waals surface area contributed by atoms with E-state index in [2.05, 4.69) is 20.9 Å². The molecule has 0 heterocycles. The Labute approximate surface area is 234 Å². The fraction of sp³-hybridized carbons (Fsp3) is 0.577. The summed E-state index contributed by atoms with van der Waals surface area (Å²) >= 11 is 1.52. The number of primary amides is 1. The minimum atomic E-state index is -1.01. The zero-order chi connectivity index (χ0) is 29.4. The molecule has 0 fully saturated rings. The Balaban J connectivity index is 3.00. The summed E-state index contributed by atoms with van der Waals surface area (Å²) in [6.45, 7) is 4.05. The first kappa shape index (κ1) is 33.7. The zero-order valence-corrected chi connectivity index (χ0v) is 23.8. The maximum absolute atomic E-state index is 13.3. The molecule has 0 saturated carbocycles. The molecule has 0 aliphatic carbocycles. The van der Waals surface area contributed by atoms with Crippen LogP contribution in [-0.4, -0.2) is 72.3 Å². The summed E-state index contributed by atoms with van der Waals surface area (Å²) in [5.41, 5.74) is 23.2. The van der Waals surface area contributed by atoms with E-state index in [-0.39, 0.29) is 24.8 Å². The van der Waals surface area contributed by atoms with Crippen molar-refractivity contribution in [2.24, 2.45) is 33.8 Å². The Morgan fingerprint density at radius 2 is 1.44 bits per heavy atom. The van der Waals surface area contributed by atoms with Crippen molar-refractivity contribution in [1.29, 1.82) is 0 Å². The number of guanidine groups is 1. The van der Waals surface area contributed by atoms with Crippen LogP contribution in [0.3, 0.4) is 0 Å². The predicted octanol–water partition coefficient (Wildman–Crippen LogP) is -0.651. The van der Waals surface area contributed by atoms with Crippen molar-refractivity contribution in [2.45, 2.75) is 70.1 Å². The van der Waals surface area contributed by atoms with Gasteiger partial charge in [0.25, 0.3) is 0 Å². The average molecular weight is 565 g/mol. The van der Waals surface area contributed by atoms with E-state index in [4.69, 9.17) is 22.9 Å². The molecule has 0 saturated heterocycles. The molecule has 12 nitrogen and oxygen atoms in total. The summed E-state index contributed by atoms with van der Waals surface area (Å²) in [6.07, 6.45) is 3.45. The van der Waals surface area contributed by atoms with Crippen LogP contribution in [0.1, 0.15) is 45.1 Å². The highest BCUT2D eigenvalue weighted by atomic mass is 32.2. The highest BCUT2D eigenvalue weighted by Crippen LogP contribution is 2.09. The normalized spacial score (nSPS) is 14.0. The van der Waals surface area contributed by atoms with Gasteiger partial charge in [0.05, 0.1) is 6.04 Å². The standard InChI is InChI=1S/C26H44N8O4S/c1-16(2)14-21(22(28)35)34-24(37)19(10-7-12-31-26(29)30)33-25(38)20(11-13-39-3)32-23(36)18(27)15-17-8-5-4-6-9-17/h4-6,8-9,16,18-21H,7,10-15,27H2,1-3H3,(H2,28,35)(H,32,36)(H,33,38)(H,34,37)(H4,29,30,31). The first-order valence-electron chi connectivity index (χ1n) is 13.0. The summed E-state index contributed by atoms with van der Waals surface area (Å²) < 4.78 is 0. The lowest BCUT2D eigenvalue weighted by atomic mass is 10.0. The highest BCUT2D eigenvalue weighted by molar-refractivity contribution is 7.98. The van der Waals surface area contributed by atoms with Crippen molar-refractivity contribution in [2.75, 3.05) is 18.6 Å². The molecule has 0 aromatic heterocycles. The quantitative estimate of drug-likeness (QED) is 0.0688. The molecule has 0 bridgehead atoms. The number of rotatable bonds is 18. The molecule has 4 atom stereocenters. The summed E-state index contributed by atoms with van der Waals surface area (Å²) in [5.74, 6) is -1.63.